The van der Waals surface area contributed by atoms with Crippen LogP contribution in [0.5, 0.6) is 0 Å². The van der Waals surface area contributed by atoms with Crippen molar-refractivity contribution in [2.75, 3.05) is 26.2 Å². The van der Waals surface area contributed by atoms with E-state index in [2.05, 4.69) is 29.0 Å². The lowest BCUT2D eigenvalue weighted by atomic mass is 10.2. The zero-order chi connectivity index (χ0) is 13.8. The standard InChI is InChI=1S/C13H21N3O2S/c1-9-7-16(8-10(2)18-9)5-4-14-13(17)12-6-15-11(3)19-12/h6,9-10H,4-5,7-8H2,1-3H3,(H,14,17). The van der Waals surface area contributed by atoms with Crippen LogP contribution in [0.25, 0.3) is 0 Å². The van der Waals surface area contributed by atoms with Crippen molar-refractivity contribution in [2.45, 2.75) is 33.0 Å². The SMILES string of the molecule is Cc1ncc(C(=O)NCCN2CC(C)OC(C)C2)s1. The molecule has 0 radical (unpaired) electrons. The van der Waals surface area contributed by atoms with Crippen LogP contribution in [0, 0.1) is 6.92 Å². The molecule has 1 aromatic rings. The number of hydrogen-bond acceptors (Lipinski definition) is 5. The van der Waals surface area contributed by atoms with Crippen molar-refractivity contribution >= 4 is 17.2 Å². The van der Waals surface area contributed by atoms with Gasteiger partial charge in [0.2, 0.25) is 0 Å². The molecule has 1 amide bonds. The van der Waals surface area contributed by atoms with Crippen molar-refractivity contribution in [2.24, 2.45) is 0 Å². The lowest BCUT2D eigenvalue weighted by molar-refractivity contribution is -0.0672. The smallest absolute Gasteiger partial charge is 0.263 e. The Kier molecular flexibility index (Phi) is 4.90. The number of morpholine rings is 1. The van der Waals surface area contributed by atoms with Crippen LogP contribution < -0.4 is 5.32 Å². The molecule has 0 bridgehead atoms. The second-order valence-electron chi connectivity index (χ2n) is 5.02. The maximum atomic E-state index is 11.8. The zero-order valence-electron chi connectivity index (χ0n) is 11.7. The molecule has 1 aliphatic rings. The van der Waals surface area contributed by atoms with E-state index in [0.29, 0.717) is 11.4 Å². The van der Waals surface area contributed by atoms with E-state index in [0.717, 1.165) is 24.6 Å². The van der Waals surface area contributed by atoms with Gasteiger partial charge in [-0.05, 0) is 20.8 Å². The number of carbonyl (C=O) groups excluding carboxylic acids is 1. The summed E-state index contributed by atoms with van der Waals surface area (Å²) in [6, 6.07) is 0. The van der Waals surface area contributed by atoms with Crippen LogP contribution in [-0.4, -0.2) is 54.2 Å². The maximum absolute atomic E-state index is 11.8. The first-order chi connectivity index (χ1) is 9.04. The van der Waals surface area contributed by atoms with E-state index in [9.17, 15) is 4.79 Å². The molecule has 0 aliphatic carbocycles. The van der Waals surface area contributed by atoms with Crippen LogP contribution in [0.15, 0.2) is 6.20 Å². The van der Waals surface area contributed by atoms with E-state index in [1.807, 2.05) is 6.92 Å². The second-order valence-corrected chi connectivity index (χ2v) is 6.25. The zero-order valence-corrected chi connectivity index (χ0v) is 12.5. The van der Waals surface area contributed by atoms with E-state index in [1.54, 1.807) is 6.20 Å². The largest absolute Gasteiger partial charge is 0.373 e. The monoisotopic (exact) mass is 283 g/mol. The molecule has 2 unspecified atom stereocenters. The van der Waals surface area contributed by atoms with E-state index in [4.69, 9.17) is 4.74 Å². The van der Waals surface area contributed by atoms with Gasteiger partial charge in [0.05, 0.1) is 23.4 Å². The topological polar surface area (TPSA) is 54.5 Å². The maximum Gasteiger partial charge on any atom is 0.263 e. The molecule has 1 aromatic heterocycles. The van der Waals surface area contributed by atoms with E-state index < -0.39 is 0 Å². The van der Waals surface area contributed by atoms with Crippen molar-refractivity contribution in [3.63, 3.8) is 0 Å². The normalized spacial score (nSPS) is 24.4. The van der Waals surface area contributed by atoms with Gasteiger partial charge >= 0.3 is 0 Å². The molecule has 1 aliphatic heterocycles. The van der Waals surface area contributed by atoms with Gasteiger partial charge in [-0.25, -0.2) is 4.98 Å². The molecule has 1 fully saturated rings. The minimum atomic E-state index is -0.0278. The Balaban J connectivity index is 1.73. The summed E-state index contributed by atoms with van der Waals surface area (Å²) in [7, 11) is 0. The highest BCUT2D eigenvalue weighted by molar-refractivity contribution is 7.13. The Morgan fingerprint density at radius 3 is 2.79 bits per heavy atom. The summed E-state index contributed by atoms with van der Waals surface area (Å²) in [4.78, 5) is 18.9. The molecule has 0 aromatic carbocycles. The van der Waals surface area contributed by atoms with Crippen LogP contribution in [0.4, 0.5) is 0 Å². The molecule has 6 heteroatoms. The minimum Gasteiger partial charge on any atom is -0.373 e. The number of aromatic nitrogens is 1. The van der Waals surface area contributed by atoms with Crippen molar-refractivity contribution in [1.82, 2.24) is 15.2 Å². The lowest BCUT2D eigenvalue weighted by Gasteiger charge is -2.35. The average Bonchev–Trinajstić information content (AvgIpc) is 2.74. The third-order valence-corrected chi connectivity index (χ3v) is 3.97. The highest BCUT2D eigenvalue weighted by Crippen LogP contribution is 2.11. The first-order valence-electron chi connectivity index (χ1n) is 6.63. The number of amides is 1. The highest BCUT2D eigenvalue weighted by Gasteiger charge is 2.21. The van der Waals surface area contributed by atoms with Crippen molar-refractivity contribution in [1.29, 1.82) is 0 Å². The fourth-order valence-electron chi connectivity index (χ4n) is 2.35. The number of carbonyl (C=O) groups is 1. The summed E-state index contributed by atoms with van der Waals surface area (Å²) in [6.45, 7) is 9.46. The molecule has 0 spiro atoms. The van der Waals surface area contributed by atoms with Gasteiger partial charge in [-0.3, -0.25) is 9.69 Å². The molecule has 5 nitrogen and oxygen atoms in total. The summed E-state index contributed by atoms with van der Waals surface area (Å²) < 4.78 is 5.68. The Hall–Kier alpha value is -0.980. The Bertz CT molecular complexity index is 425. The number of hydrogen-bond donors (Lipinski definition) is 1. The summed E-state index contributed by atoms with van der Waals surface area (Å²) in [6.07, 6.45) is 2.17. The predicted octanol–water partition coefficient (Wildman–Crippen LogP) is 1.29. The quantitative estimate of drug-likeness (QED) is 0.905. The average molecular weight is 283 g/mol. The second kappa shape index (κ2) is 6.45. The van der Waals surface area contributed by atoms with Gasteiger partial charge in [0.25, 0.3) is 5.91 Å². The van der Waals surface area contributed by atoms with Gasteiger partial charge in [-0.15, -0.1) is 11.3 Å². The number of nitrogens with one attached hydrogen (secondary N) is 1. The van der Waals surface area contributed by atoms with Gasteiger partial charge < -0.3 is 10.1 Å². The fraction of sp³-hybridized carbons (Fsp3) is 0.692. The predicted molar refractivity (Wildman–Crippen MR) is 75.6 cm³/mol. The number of aryl methyl sites for hydroxylation is 1. The molecular weight excluding hydrogens is 262 g/mol. The first-order valence-corrected chi connectivity index (χ1v) is 7.44. The highest BCUT2D eigenvalue weighted by atomic mass is 32.1. The first kappa shape index (κ1) is 14.4. The summed E-state index contributed by atoms with van der Waals surface area (Å²) in [5, 5.41) is 3.86. The molecule has 1 saturated heterocycles. The van der Waals surface area contributed by atoms with Gasteiger partial charge in [0.15, 0.2) is 0 Å². The van der Waals surface area contributed by atoms with Gasteiger partial charge in [0.1, 0.15) is 4.88 Å². The van der Waals surface area contributed by atoms with E-state index in [1.165, 1.54) is 11.3 Å². The van der Waals surface area contributed by atoms with E-state index >= 15 is 0 Å². The van der Waals surface area contributed by atoms with Crippen LogP contribution in [0.1, 0.15) is 28.5 Å². The molecule has 19 heavy (non-hydrogen) atoms. The van der Waals surface area contributed by atoms with Crippen LogP contribution >= 0.6 is 11.3 Å². The molecule has 2 heterocycles. The van der Waals surface area contributed by atoms with Crippen molar-refractivity contribution in [3.05, 3.63) is 16.1 Å². The summed E-state index contributed by atoms with van der Waals surface area (Å²) in [5.41, 5.74) is 0. The third kappa shape index (κ3) is 4.26. The number of thiazole rings is 1. The lowest BCUT2D eigenvalue weighted by Crippen LogP contribution is -2.47. The van der Waals surface area contributed by atoms with E-state index in [-0.39, 0.29) is 18.1 Å². The summed E-state index contributed by atoms with van der Waals surface area (Å²) in [5.74, 6) is -0.0278. The third-order valence-electron chi connectivity index (χ3n) is 3.05. The number of ether oxygens (including phenoxy) is 1. The Morgan fingerprint density at radius 2 is 2.21 bits per heavy atom. The molecule has 1 N–H and O–H groups in total. The van der Waals surface area contributed by atoms with Gasteiger partial charge in [0, 0.05) is 26.2 Å². The van der Waals surface area contributed by atoms with Gasteiger partial charge in [-0.2, -0.15) is 0 Å². The van der Waals surface area contributed by atoms with Crippen molar-refractivity contribution in [3.8, 4) is 0 Å². The van der Waals surface area contributed by atoms with Crippen LogP contribution in [0.3, 0.4) is 0 Å². The molecule has 0 saturated carbocycles. The Morgan fingerprint density at radius 1 is 1.53 bits per heavy atom. The molecule has 106 valence electrons. The fourth-order valence-corrected chi connectivity index (χ4v) is 3.04. The molecule has 2 atom stereocenters. The van der Waals surface area contributed by atoms with Crippen LogP contribution in [0.2, 0.25) is 0 Å². The Labute approximate surface area is 118 Å². The number of nitrogens with zero attached hydrogens (tertiary/aromatic N) is 2. The molecule has 2 rings (SSSR count). The van der Waals surface area contributed by atoms with Crippen LogP contribution in [-0.2, 0) is 4.74 Å². The molecular formula is C13H21N3O2S. The van der Waals surface area contributed by atoms with Gasteiger partial charge in [-0.1, -0.05) is 0 Å². The van der Waals surface area contributed by atoms with Crippen molar-refractivity contribution < 1.29 is 9.53 Å². The summed E-state index contributed by atoms with van der Waals surface area (Å²) >= 11 is 1.43. The minimum absolute atomic E-state index is 0.0278. The number of rotatable bonds is 4.